The molecule has 0 aliphatic carbocycles. The van der Waals surface area contributed by atoms with Gasteiger partial charge in [-0.2, -0.15) is 5.10 Å². The lowest BCUT2D eigenvalue weighted by molar-refractivity contribution is 0.0695. The lowest BCUT2D eigenvalue weighted by Crippen LogP contribution is -2.10. The van der Waals surface area contributed by atoms with E-state index in [0.717, 1.165) is 29.8 Å². The number of carboxylic acid groups (broad SMARTS) is 1. The summed E-state index contributed by atoms with van der Waals surface area (Å²) in [6.45, 7) is 6.17. The van der Waals surface area contributed by atoms with Crippen LogP contribution in [0.15, 0.2) is 24.4 Å². The van der Waals surface area contributed by atoms with E-state index in [4.69, 9.17) is 0 Å². The van der Waals surface area contributed by atoms with Crippen LogP contribution in [0, 0.1) is 6.92 Å². The van der Waals surface area contributed by atoms with Gasteiger partial charge in [-0.15, -0.1) is 0 Å². The van der Waals surface area contributed by atoms with Gasteiger partial charge in [-0.1, -0.05) is 38.5 Å². The number of rotatable bonds is 5. The van der Waals surface area contributed by atoms with E-state index in [9.17, 15) is 9.90 Å². The van der Waals surface area contributed by atoms with Crippen LogP contribution in [-0.4, -0.2) is 20.9 Å². The molecule has 0 amide bonds. The zero-order valence-electron chi connectivity index (χ0n) is 12.2. The van der Waals surface area contributed by atoms with Crippen LogP contribution in [-0.2, 0) is 12.8 Å². The topological polar surface area (TPSA) is 55.1 Å². The SMILES string of the molecule is CCCc1c(C(=O)O)cnn1-c1c(C)cccc1CC. The molecule has 0 saturated carbocycles. The number of para-hydroxylation sites is 1. The molecule has 106 valence electrons. The number of benzene rings is 1. The Morgan fingerprint density at radius 3 is 2.70 bits per heavy atom. The Morgan fingerprint density at radius 2 is 2.10 bits per heavy atom. The number of carbonyl (C=O) groups is 1. The van der Waals surface area contributed by atoms with Crippen LogP contribution >= 0.6 is 0 Å². The molecule has 2 rings (SSSR count). The summed E-state index contributed by atoms with van der Waals surface area (Å²) in [5.41, 5.74) is 4.40. The maximum atomic E-state index is 11.3. The molecule has 1 heterocycles. The highest BCUT2D eigenvalue weighted by molar-refractivity contribution is 5.88. The number of carboxylic acids is 1. The number of nitrogens with zero attached hydrogens (tertiary/aromatic N) is 2. The molecule has 2 aromatic rings. The highest BCUT2D eigenvalue weighted by Crippen LogP contribution is 2.23. The first-order valence-electron chi connectivity index (χ1n) is 6.99. The summed E-state index contributed by atoms with van der Waals surface area (Å²) < 4.78 is 1.81. The van der Waals surface area contributed by atoms with Gasteiger partial charge in [0.2, 0.25) is 0 Å². The second kappa shape index (κ2) is 5.90. The molecular weight excluding hydrogens is 252 g/mol. The predicted octanol–water partition coefficient (Wildman–Crippen LogP) is 3.39. The summed E-state index contributed by atoms with van der Waals surface area (Å²) >= 11 is 0. The zero-order valence-corrected chi connectivity index (χ0v) is 12.2. The van der Waals surface area contributed by atoms with Crippen LogP contribution in [0.4, 0.5) is 0 Å². The molecular formula is C16H20N2O2. The van der Waals surface area contributed by atoms with Gasteiger partial charge in [0.25, 0.3) is 0 Å². The van der Waals surface area contributed by atoms with Crippen LogP contribution in [0.1, 0.15) is 47.4 Å². The molecule has 0 aliphatic heterocycles. The average Bonchev–Trinajstić information content (AvgIpc) is 2.82. The molecule has 0 unspecified atom stereocenters. The normalized spacial score (nSPS) is 10.8. The molecule has 4 heteroatoms. The minimum absolute atomic E-state index is 0.303. The Morgan fingerprint density at radius 1 is 1.35 bits per heavy atom. The maximum Gasteiger partial charge on any atom is 0.339 e. The van der Waals surface area contributed by atoms with Crippen molar-refractivity contribution in [3.63, 3.8) is 0 Å². The van der Waals surface area contributed by atoms with Crippen molar-refractivity contribution in [2.45, 2.75) is 40.0 Å². The number of hydrogen-bond acceptors (Lipinski definition) is 2. The number of hydrogen-bond donors (Lipinski definition) is 1. The number of aromatic nitrogens is 2. The third-order valence-corrected chi connectivity index (χ3v) is 3.50. The quantitative estimate of drug-likeness (QED) is 0.907. The summed E-state index contributed by atoms with van der Waals surface area (Å²) in [5, 5.41) is 13.6. The second-order valence-electron chi connectivity index (χ2n) is 4.91. The largest absolute Gasteiger partial charge is 0.478 e. The van der Waals surface area contributed by atoms with Crippen molar-refractivity contribution in [3.8, 4) is 5.69 Å². The van der Waals surface area contributed by atoms with E-state index in [-0.39, 0.29) is 0 Å². The highest BCUT2D eigenvalue weighted by Gasteiger charge is 2.19. The smallest absolute Gasteiger partial charge is 0.339 e. The predicted molar refractivity (Wildman–Crippen MR) is 78.6 cm³/mol. The molecule has 1 aromatic heterocycles. The first-order valence-corrected chi connectivity index (χ1v) is 6.99. The van der Waals surface area contributed by atoms with Gasteiger partial charge in [-0.05, 0) is 30.9 Å². The first-order chi connectivity index (χ1) is 9.60. The third-order valence-electron chi connectivity index (χ3n) is 3.50. The third kappa shape index (κ3) is 2.46. The van der Waals surface area contributed by atoms with E-state index in [0.29, 0.717) is 12.0 Å². The monoisotopic (exact) mass is 272 g/mol. The molecule has 0 spiro atoms. The molecule has 0 fully saturated rings. The Bertz CT molecular complexity index is 629. The zero-order chi connectivity index (χ0) is 14.7. The van der Waals surface area contributed by atoms with Gasteiger partial charge in [0, 0.05) is 0 Å². The lowest BCUT2D eigenvalue weighted by Gasteiger charge is -2.14. The fourth-order valence-electron chi connectivity index (χ4n) is 2.53. The van der Waals surface area contributed by atoms with Crippen LogP contribution < -0.4 is 0 Å². The number of aromatic carboxylic acids is 1. The van der Waals surface area contributed by atoms with E-state index in [2.05, 4.69) is 18.1 Å². The van der Waals surface area contributed by atoms with Crippen molar-refractivity contribution >= 4 is 5.97 Å². The maximum absolute atomic E-state index is 11.3. The van der Waals surface area contributed by atoms with Crippen LogP contribution in [0.5, 0.6) is 0 Å². The summed E-state index contributed by atoms with van der Waals surface area (Å²) in [5.74, 6) is -0.911. The van der Waals surface area contributed by atoms with E-state index in [1.807, 2.05) is 26.0 Å². The first kappa shape index (κ1) is 14.3. The van der Waals surface area contributed by atoms with Crippen molar-refractivity contribution < 1.29 is 9.90 Å². The van der Waals surface area contributed by atoms with Gasteiger partial charge in [0.15, 0.2) is 0 Å². The van der Waals surface area contributed by atoms with Gasteiger partial charge in [-0.25, -0.2) is 9.48 Å². The Balaban J connectivity index is 2.67. The molecule has 4 nitrogen and oxygen atoms in total. The Kier molecular flexibility index (Phi) is 4.23. The lowest BCUT2D eigenvalue weighted by atomic mass is 10.0. The second-order valence-corrected chi connectivity index (χ2v) is 4.91. The Hall–Kier alpha value is -2.10. The van der Waals surface area contributed by atoms with Crippen LogP contribution in [0.25, 0.3) is 5.69 Å². The van der Waals surface area contributed by atoms with Crippen molar-refractivity contribution in [1.82, 2.24) is 9.78 Å². The number of aryl methyl sites for hydroxylation is 2. The highest BCUT2D eigenvalue weighted by atomic mass is 16.4. The fraction of sp³-hybridized carbons (Fsp3) is 0.375. The standard InChI is InChI=1S/C16H20N2O2/c1-4-7-14-13(16(19)20)10-17-18(14)15-11(3)8-6-9-12(15)5-2/h6,8-10H,4-5,7H2,1-3H3,(H,19,20). The minimum atomic E-state index is -0.911. The summed E-state index contributed by atoms with van der Waals surface area (Å²) in [6.07, 6.45) is 3.95. The van der Waals surface area contributed by atoms with Gasteiger partial charge < -0.3 is 5.11 Å². The fourth-order valence-corrected chi connectivity index (χ4v) is 2.53. The van der Waals surface area contributed by atoms with E-state index >= 15 is 0 Å². The van der Waals surface area contributed by atoms with Gasteiger partial charge in [0.05, 0.1) is 17.6 Å². The molecule has 0 bridgehead atoms. The molecule has 0 radical (unpaired) electrons. The molecule has 1 aromatic carbocycles. The average molecular weight is 272 g/mol. The van der Waals surface area contributed by atoms with Gasteiger partial charge in [0.1, 0.15) is 5.56 Å². The molecule has 20 heavy (non-hydrogen) atoms. The minimum Gasteiger partial charge on any atom is -0.478 e. The molecule has 0 atom stereocenters. The van der Waals surface area contributed by atoms with Crippen molar-refractivity contribution in [3.05, 3.63) is 46.8 Å². The Labute approximate surface area is 119 Å². The van der Waals surface area contributed by atoms with Crippen LogP contribution in [0.3, 0.4) is 0 Å². The van der Waals surface area contributed by atoms with E-state index in [1.54, 1.807) is 4.68 Å². The molecule has 0 aliphatic rings. The summed E-state index contributed by atoms with van der Waals surface area (Å²) in [7, 11) is 0. The van der Waals surface area contributed by atoms with Crippen molar-refractivity contribution in [2.75, 3.05) is 0 Å². The summed E-state index contributed by atoms with van der Waals surface area (Å²) in [6, 6.07) is 6.13. The van der Waals surface area contributed by atoms with E-state index < -0.39 is 5.97 Å². The van der Waals surface area contributed by atoms with Crippen LogP contribution in [0.2, 0.25) is 0 Å². The molecule has 1 N–H and O–H groups in total. The van der Waals surface area contributed by atoms with Gasteiger partial charge in [-0.3, -0.25) is 0 Å². The van der Waals surface area contributed by atoms with Gasteiger partial charge >= 0.3 is 5.97 Å². The van der Waals surface area contributed by atoms with E-state index in [1.165, 1.54) is 11.8 Å². The molecule has 0 saturated heterocycles. The van der Waals surface area contributed by atoms with Crippen molar-refractivity contribution in [2.24, 2.45) is 0 Å². The van der Waals surface area contributed by atoms with Crippen molar-refractivity contribution in [1.29, 1.82) is 0 Å². The summed E-state index contributed by atoms with van der Waals surface area (Å²) in [4.78, 5) is 11.3.